The number of hydrogen-bond donors (Lipinski definition) is 0. The van der Waals surface area contributed by atoms with Gasteiger partial charge in [0, 0.05) is 31.6 Å². The van der Waals surface area contributed by atoms with Crippen molar-refractivity contribution in [3.63, 3.8) is 0 Å². The maximum Gasteiger partial charge on any atom is 0.226 e. The predicted octanol–water partition coefficient (Wildman–Crippen LogP) is 4.40. The number of benzene rings is 2. The number of carbonyl (C=O) groups excluding carboxylic acids is 1. The van der Waals surface area contributed by atoms with E-state index in [1.54, 1.807) is 18.0 Å². The van der Waals surface area contributed by atoms with Gasteiger partial charge < -0.3 is 18.9 Å². The fourth-order valence-electron chi connectivity index (χ4n) is 3.37. The molecule has 0 fully saturated rings. The normalized spacial score (nSPS) is 12.6. The molecule has 1 amide bonds. The molecule has 156 valence electrons. The molecule has 2 heterocycles. The third kappa shape index (κ3) is 4.76. The molecule has 0 atom stereocenters. The third-order valence-corrected chi connectivity index (χ3v) is 5.26. The van der Waals surface area contributed by atoms with E-state index in [4.69, 9.17) is 25.6 Å². The van der Waals surface area contributed by atoms with E-state index >= 15 is 0 Å². The van der Waals surface area contributed by atoms with Crippen molar-refractivity contribution >= 4 is 17.5 Å². The van der Waals surface area contributed by atoms with Crippen molar-refractivity contribution in [2.45, 2.75) is 19.3 Å². The summed E-state index contributed by atoms with van der Waals surface area (Å²) in [5.41, 5.74) is 2.66. The molecule has 0 spiro atoms. The molecular weight excluding hydrogens is 404 g/mol. The molecule has 6 nitrogen and oxygen atoms in total. The number of amides is 1. The first-order valence-electron chi connectivity index (χ1n) is 9.93. The minimum atomic E-state index is 0.0188. The van der Waals surface area contributed by atoms with Gasteiger partial charge in [0.15, 0.2) is 11.5 Å². The number of nitrogens with zero attached hydrogens (tertiary/aromatic N) is 2. The molecule has 0 saturated heterocycles. The highest BCUT2D eigenvalue weighted by Gasteiger charge is 2.18. The van der Waals surface area contributed by atoms with Gasteiger partial charge in [-0.15, -0.1) is 0 Å². The summed E-state index contributed by atoms with van der Waals surface area (Å²) in [6.07, 6.45) is 1.76. The zero-order chi connectivity index (χ0) is 20.9. The Labute approximate surface area is 180 Å². The number of fused-ring (bicyclic) bond motifs is 1. The van der Waals surface area contributed by atoms with Crippen LogP contribution in [0.2, 0.25) is 5.02 Å². The Balaban J connectivity index is 1.28. The van der Waals surface area contributed by atoms with Crippen molar-refractivity contribution < 1.29 is 18.8 Å². The maximum atomic E-state index is 12.6. The zero-order valence-corrected chi connectivity index (χ0v) is 17.5. The second-order valence-electron chi connectivity index (χ2n) is 7.24. The first kappa shape index (κ1) is 20.3. The van der Waals surface area contributed by atoms with Crippen molar-refractivity contribution in [1.29, 1.82) is 0 Å². The van der Waals surface area contributed by atoms with Gasteiger partial charge in [-0.05, 0) is 24.1 Å². The van der Waals surface area contributed by atoms with E-state index in [0.717, 1.165) is 29.0 Å². The van der Waals surface area contributed by atoms with Gasteiger partial charge in [-0.2, -0.15) is 0 Å². The van der Waals surface area contributed by atoms with E-state index in [1.165, 1.54) is 0 Å². The van der Waals surface area contributed by atoms with Crippen LogP contribution >= 0.6 is 11.6 Å². The van der Waals surface area contributed by atoms with Gasteiger partial charge in [-0.1, -0.05) is 47.1 Å². The van der Waals surface area contributed by atoms with E-state index in [0.29, 0.717) is 42.7 Å². The van der Waals surface area contributed by atoms with Crippen molar-refractivity contribution in [3.05, 3.63) is 64.9 Å². The summed E-state index contributed by atoms with van der Waals surface area (Å²) in [5.74, 6) is 1.98. The van der Waals surface area contributed by atoms with Crippen molar-refractivity contribution in [3.8, 4) is 22.8 Å². The van der Waals surface area contributed by atoms with Crippen LogP contribution in [-0.4, -0.2) is 42.8 Å². The molecule has 1 aromatic heterocycles. The van der Waals surface area contributed by atoms with Crippen LogP contribution in [0, 0.1) is 0 Å². The van der Waals surface area contributed by atoms with Gasteiger partial charge in [0.1, 0.15) is 24.7 Å². The summed E-state index contributed by atoms with van der Waals surface area (Å²) in [4.78, 5) is 14.3. The molecule has 30 heavy (non-hydrogen) atoms. The number of aryl methyl sites for hydroxylation is 1. The van der Waals surface area contributed by atoms with Crippen LogP contribution in [-0.2, 0) is 17.6 Å². The van der Waals surface area contributed by atoms with E-state index < -0.39 is 0 Å². The lowest BCUT2D eigenvalue weighted by molar-refractivity contribution is -0.129. The van der Waals surface area contributed by atoms with Crippen LogP contribution in [0.15, 0.2) is 53.1 Å². The van der Waals surface area contributed by atoms with Gasteiger partial charge in [-0.25, -0.2) is 0 Å². The Morgan fingerprint density at radius 1 is 1.13 bits per heavy atom. The largest absolute Gasteiger partial charge is 0.486 e. The second kappa shape index (κ2) is 9.22. The molecule has 1 aliphatic rings. The Morgan fingerprint density at radius 3 is 2.77 bits per heavy atom. The lowest BCUT2D eigenvalue weighted by Gasteiger charge is -2.21. The van der Waals surface area contributed by atoms with E-state index in [-0.39, 0.29) is 12.3 Å². The molecule has 0 unspecified atom stereocenters. The number of halogens is 1. The third-order valence-electron chi connectivity index (χ3n) is 4.98. The Hall–Kier alpha value is -2.99. The van der Waals surface area contributed by atoms with Gasteiger partial charge in [0.05, 0.1) is 11.4 Å². The molecule has 0 N–H and O–H groups in total. The molecular formula is C23H23ClN2O4. The Bertz CT molecular complexity index is 1020. The number of likely N-dealkylation sites (N-methyl/N-ethyl adjacent to an activating group) is 1. The summed E-state index contributed by atoms with van der Waals surface area (Å²) in [6.45, 7) is 1.58. The SMILES string of the molecule is CN(CCCc1cc(-c2ccccc2)no1)C(=O)Cc1cc(Cl)c2c(c1)OCCO2. The quantitative estimate of drug-likeness (QED) is 0.560. The lowest BCUT2D eigenvalue weighted by atomic mass is 10.1. The predicted molar refractivity (Wildman–Crippen MR) is 114 cm³/mol. The topological polar surface area (TPSA) is 64.8 Å². The summed E-state index contributed by atoms with van der Waals surface area (Å²) in [7, 11) is 1.80. The first-order chi connectivity index (χ1) is 14.6. The fraction of sp³-hybridized carbons (Fsp3) is 0.304. The highest BCUT2D eigenvalue weighted by molar-refractivity contribution is 6.32. The molecule has 0 radical (unpaired) electrons. The maximum absolute atomic E-state index is 12.6. The van der Waals surface area contributed by atoms with Crippen LogP contribution in [0.5, 0.6) is 11.5 Å². The van der Waals surface area contributed by atoms with Crippen LogP contribution < -0.4 is 9.47 Å². The first-order valence-corrected chi connectivity index (χ1v) is 10.3. The average molecular weight is 427 g/mol. The number of aromatic nitrogens is 1. The highest BCUT2D eigenvalue weighted by Crippen LogP contribution is 2.38. The van der Waals surface area contributed by atoms with Crippen LogP contribution in [0.3, 0.4) is 0 Å². The van der Waals surface area contributed by atoms with Crippen LogP contribution in [0.1, 0.15) is 17.7 Å². The minimum Gasteiger partial charge on any atom is -0.486 e. The van der Waals surface area contributed by atoms with Crippen molar-refractivity contribution in [2.75, 3.05) is 26.8 Å². The fourth-order valence-corrected chi connectivity index (χ4v) is 3.65. The van der Waals surface area contributed by atoms with Gasteiger partial charge >= 0.3 is 0 Å². The summed E-state index contributed by atoms with van der Waals surface area (Å²) < 4.78 is 16.5. The highest BCUT2D eigenvalue weighted by atomic mass is 35.5. The van der Waals surface area contributed by atoms with Crippen molar-refractivity contribution in [1.82, 2.24) is 10.1 Å². The van der Waals surface area contributed by atoms with Crippen LogP contribution in [0.4, 0.5) is 0 Å². The van der Waals surface area contributed by atoms with Gasteiger partial charge in [0.2, 0.25) is 5.91 Å². The van der Waals surface area contributed by atoms with Gasteiger partial charge in [-0.3, -0.25) is 4.79 Å². The lowest BCUT2D eigenvalue weighted by Crippen LogP contribution is -2.29. The molecule has 1 aliphatic heterocycles. The molecule has 0 aliphatic carbocycles. The molecule has 3 aromatic rings. The molecule has 0 bridgehead atoms. The molecule has 2 aromatic carbocycles. The van der Waals surface area contributed by atoms with Crippen molar-refractivity contribution in [2.24, 2.45) is 0 Å². The average Bonchev–Trinajstić information content (AvgIpc) is 3.23. The number of ether oxygens (including phenoxy) is 2. The molecule has 4 rings (SSSR count). The summed E-state index contributed by atoms with van der Waals surface area (Å²) in [6, 6.07) is 15.4. The van der Waals surface area contributed by atoms with Crippen LogP contribution in [0.25, 0.3) is 11.3 Å². The Morgan fingerprint density at radius 2 is 1.93 bits per heavy atom. The number of hydrogen-bond acceptors (Lipinski definition) is 5. The number of rotatable bonds is 7. The van der Waals surface area contributed by atoms with E-state index in [2.05, 4.69) is 5.16 Å². The van der Waals surface area contributed by atoms with E-state index in [9.17, 15) is 4.79 Å². The zero-order valence-electron chi connectivity index (χ0n) is 16.8. The summed E-state index contributed by atoms with van der Waals surface area (Å²) in [5, 5.41) is 4.60. The monoisotopic (exact) mass is 426 g/mol. The summed E-state index contributed by atoms with van der Waals surface area (Å²) >= 11 is 6.26. The molecule has 0 saturated carbocycles. The second-order valence-corrected chi connectivity index (χ2v) is 7.65. The Kier molecular flexibility index (Phi) is 6.23. The minimum absolute atomic E-state index is 0.0188. The smallest absolute Gasteiger partial charge is 0.226 e. The standard InChI is InChI=1S/C23H23ClN2O4/c1-26(9-5-8-18-15-20(25-30-18)17-6-3-2-4-7-17)22(27)14-16-12-19(24)23-21(13-16)28-10-11-29-23/h2-4,6-7,12-13,15H,5,8-11,14H2,1H3. The number of carbonyl (C=O) groups is 1. The van der Waals surface area contributed by atoms with E-state index in [1.807, 2.05) is 42.5 Å². The van der Waals surface area contributed by atoms with Gasteiger partial charge in [0.25, 0.3) is 0 Å². The molecule has 7 heteroatoms.